The molecule has 0 atom stereocenters. The Hall–Kier alpha value is -0.0900. The fourth-order valence-electron chi connectivity index (χ4n) is 0.502. The van der Waals surface area contributed by atoms with Crippen molar-refractivity contribution in [3.8, 4) is 0 Å². The van der Waals surface area contributed by atoms with E-state index in [1.807, 2.05) is 0 Å². The van der Waals surface area contributed by atoms with Gasteiger partial charge in [-0.25, -0.2) is 15.6 Å². The van der Waals surface area contributed by atoms with Crippen LogP contribution in [0.15, 0.2) is 5.16 Å². The number of nitrogens with two attached hydrogens (primary N) is 2. The zero-order valence-corrected chi connectivity index (χ0v) is 8.52. The van der Waals surface area contributed by atoms with Crippen LogP contribution < -0.4 is 11.0 Å². The van der Waals surface area contributed by atoms with E-state index in [4.69, 9.17) is 22.6 Å². The third-order valence-corrected chi connectivity index (χ3v) is 1.60. The molecular formula is C5H13ClN3O2P. The average Bonchev–Trinajstić information content (AvgIpc) is 1.95. The van der Waals surface area contributed by atoms with Crippen LogP contribution in [0, 0.1) is 0 Å². The van der Waals surface area contributed by atoms with Crippen molar-refractivity contribution in [3.63, 3.8) is 0 Å². The molecule has 0 amide bonds. The van der Waals surface area contributed by atoms with E-state index in [1.165, 1.54) is 0 Å². The number of nitrogens with zero attached hydrogens (tertiary/aromatic N) is 1. The highest BCUT2D eigenvalue weighted by Gasteiger charge is 2.07. The molecule has 72 valence electrons. The molecule has 12 heavy (non-hydrogen) atoms. The number of oxime groups is 1. The van der Waals surface area contributed by atoms with E-state index in [-0.39, 0.29) is 0 Å². The molecule has 4 N–H and O–H groups in total. The zero-order chi connectivity index (χ0) is 9.61. The molecule has 0 aromatic rings. The first-order valence-corrected chi connectivity index (χ1v) is 5.71. The molecule has 0 saturated carbocycles. The van der Waals surface area contributed by atoms with E-state index < -0.39 is 7.67 Å². The lowest BCUT2D eigenvalue weighted by Crippen LogP contribution is -2.06. The summed E-state index contributed by atoms with van der Waals surface area (Å²) >= 11 is 5.44. The van der Waals surface area contributed by atoms with Crippen LogP contribution >= 0.6 is 19.3 Å². The number of alkyl halides is 1. The minimum Gasteiger partial charge on any atom is -0.312 e. The van der Waals surface area contributed by atoms with Crippen LogP contribution in [0.25, 0.3) is 0 Å². The van der Waals surface area contributed by atoms with E-state index >= 15 is 0 Å². The molecule has 0 aromatic carbocycles. The van der Waals surface area contributed by atoms with Crippen LogP contribution in [0.4, 0.5) is 0 Å². The SMILES string of the molecule is C/C(CCCCl)=N\OP(N)(N)=O. The molecule has 0 bridgehead atoms. The van der Waals surface area contributed by atoms with Crippen molar-refractivity contribution < 1.29 is 9.19 Å². The molecule has 0 aliphatic heterocycles. The lowest BCUT2D eigenvalue weighted by atomic mass is 10.2. The molecule has 7 heteroatoms. The predicted molar refractivity (Wildman–Crippen MR) is 50.1 cm³/mol. The van der Waals surface area contributed by atoms with Gasteiger partial charge in [-0.15, -0.1) is 11.6 Å². The molecule has 0 aliphatic carbocycles. The van der Waals surface area contributed by atoms with E-state index in [1.54, 1.807) is 6.92 Å². The molecule has 0 aliphatic rings. The summed E-state index contributed by atoms with van der Waals surface area (Å²) in [5, 5.41) is 3.48. The second-order valence-corrected chi connectivity index (χ2v) is 4.18. The van der Waals surface area contributed by atoms with Gasteiger partial charge in [-0.2, -0.15) is 0 Å². The Bertz CT molecular complexity index is 203. The van der Waals surface area contributed by atoms with Crippen molar-refractivity contribution in [2.24, 2.45) is 16.2 Å². The standard InChI is InChI=1S/C5H13ClN3O2P/c1-5(3-2-4-6)9-11-12(7,8)10/h2-4H2,1H3,(H4,7,8,10)/b9-5+. The van der Waals surface area contributed by atoms with Gasteiger partial charge in [0.25, 0.3) is 0 Å². The van der Waals surface area contributed by atoms with Gasteiger partial charge in [0, 0.05) is 5.88 Å². The Morgan fingerprint density at radius 2 is 2.25 bits per heavy atom. The summed E-state index contributed by atoms with van der Waals surface area (Å²) in [6.07, 6.45) is 1.48. The van der Waals surface area contributed by atoms with Crippen molar-refractivity contribution >= 4 is 25.0 Å². The number of rotatable bonds is 5. The summed E-state index contributed by atoms with van der Waals surface area (Å²) in [5.41, 5.74) is 10.5. The smallest absolute Gasteiger partial charge is 0.312 e. The number of hydrogen-bond donors (Lipinski definition) is 2. The predicted octanol–water partition coefficient (Wildman–Crippen LogP) is 1.42. The van der Waals surface area contributed by atoms with Gasteiger partial charge in [0.1, 0.15) is 0 Å². The van der Waals surface area contributed by atoms with Gasteiger partial charge in [-0.05, 0) is 19.8 Å². The van der Waals surface area contributed by atoms with Gasteiger partial charge >= 0.3 is 7.67 Å². The Morgan fingerprint density at radius 3 is 2.67 bits per heavy atom. The first-order chi connectivity index (χ1) is 5.45. The molecule has 5 nitrogen and oxygen atoms in total. The summed E-state index contributed by atoms with van der Waals surface area (Å²) in [7, 11) is -3.47. The van der Waals surface area contributed by atoms with Crippen LogP contribution in [0.5, 0.6) is 0 Å². The molecule has 0 radical (unpaired) electrons. The maximum atomic E-state index is 10.6. The van der Waals surface area contributed by atoms with E-state index in [0.29, 0.717) is 18.0 Å². The number of hydrogen-bond acceptors (Lipinski definition) is 3. The maximum absolute atomic E-state index is 10.6. The Kier molecular flexibility index (Phi) is 5.50. The van der Waals surface area contributed by atoms with Crippen molar-refractivity contribution in [2.45, 2.75) is 19.8 Å². The molecule has 0 saturated heterocycles. The first-order valence-electron chi connectivity index (χ1n) is 3.41. The molecule has 0 spiro atoms. The monoisotopic (exact) mass is 213 g/mol. The van der Waals surface area contributed by atoms with E-state index in [2.05, 4.69) is 9.78 Å². The van der Waals surface area contributed by atoms with Gasteiger partial charge in [-0.1, -0.05) is 5.16 Å². The lowest BCUT2D eigenvalue weighted by molar-refractivity contribution is 0.333. The van der Waals surface area contributed by atoms with Gasteiger partial charge in [0.05, 0.1) is 5.71 Å². The Morgan fingerprint density at radius 1 is 1.67 bits per heavy atom. The van der Waals surface area contributed by atoms with E-state index in [9.17, 15) is 4.57 Å². The molecule has 0 aromatic heterocycles. The summed E-state index contributed by atoms with van der Waals surface area (Å²) in [6, 6.07) is 0. The largest absolute Gasteiger partial charge is 0.405 e. The molecule has 0 fully saturated rings. The Balaban J connectivity index is 3.77. The minimum absolute atomic E-state index is 0.551. The second kappa shape index (κ2) is 5.54. The quantitative estimate of drug-likeness (QED) is 0.313. The van der Waals surface area contributed by atoms with Crippen molar-refractivity contribution in [1.82, 2.24) is 0 Å². The molecule has 0 heterocycles. The highest BCUT2D eigenvalue weighted by molar-refractivity contribution is 7.53. The summed E-state index contributed by atoms with van der Waals surface area (Å²) in [5.74, 6) is 0.551. The van der Waals surface area contributed by atoms with Crippen molar-refractivity contribution in [1.29, 1.82) is 0 Å². The van der Waals surface area contributed by atoms with Crippen LogP contribution in [-0.4, -0.2) is 11.6 Å². The van der Waals surface area contributed by atoms with Gasteiger partial charge in [0.15, 0.2) is 0 Å². The van der Waals surface area contributed by atoms with E-state index in [0.717, 1.165) is 6.42 Å². The lowest BCUT2D eigenvalue weighted by Gasteiger charge is -2.03. The average molecular weight is 214 g/mol. The van der Waals surface area contributed by atoms with Gasteiger partial charge in [0.2, 0.25) is 0 Å². The highest BCUT2D eigenvalue weighted by Crippen LogP contribution is 2.26. The fraction of sp³-hybridized carbons (Fsp3) is 0.800. The first kappa shape index (κ1) is 11.9. The van der Waals surface area contributed by atoms with Crippen molar-refractivity contribution in [3.05, 3.63) is 0 Å². The molecule has 0 unspecified atom stereocenters. The summed E-state index contributed by atoms with van der Waals surface area (Å²) in [6.45, 7) is 1.72. The van der Waals surface area contributed by atoms with Gasteiger partial charge in [-0.3, -0.25) is 0 Å². The Labute approximate surface area is 76.6 Å². The third-order valence-electron chi connectivity index (χ3n) is 0.996. The fourth-order valence-corrected chi connectivity index (χ4v) is 0.902. The minimum atomic E-state index is -3.47. The molecule has 0 rings (SSSR count). The highest BCUT2D eigenvalue weighted by atomic mass is 35.5. The van der Waals surface area contributed by atoms with Crippen LogP contribution in [0.2, 0.25) is 0 Å². The molecular weight excluding hydrogens is 201 g/mol. The summed E-state index contributed by atoms with van der Waals surface area (Å²) < 4.78 is 14.9. The zero-order valence-electron chi connectivity index (χ0n) is 6.86. The van der Waals surface area contributed by atoms with Crippen LogP contribution in [0.3, 0.4) is 0 Å². The van der Waals surface area contributed by atoms with Crippen LogP contribution in [-0.2, 0) is 9.19 Å². The van der Waals surface area contributed by atoms with Crippen LogP contribution in [0.1, 0.15) is 19.8 Å². The third kappa shape index (κ3) is 8.01. The van der Waals surface area contributed by atoms with Gasteiger partial charge < -0.3 is 4.62 Å². The number of halogens is 1. The topological polar surface area (TPSA) is 90.7 Å². The normalized spacial score (nSPS) is 13.2. The maximum Gasteiger partial charge on any atom is 0.405 e. The van der Waals surface area contributed by atoms with Crippen molar-refractivity contribution in [2.75, 3.05) is 5.88 Å². The second-order valence-electron chi connectivity index (χ2n) is 2.35. The summed E-state index contributed by atoms with van der Waals surface area (Å²) in [4.78, 5) is 0.